The fourth-order valence-electron chi connectivity index (χ4n) is 4.94. The van der Waals surface area contributed by atoms with Gasteiger partial charge in [-0.25, -0.2) is 4.98 Å². The first-order valence-corrected chi connectivity index (χ1v) is 12.6. The molecule has 2 aliphatic rings. The van der Waals surface area contributed by atoms with Crippen molar-refractivity contribution in [3.63, 3.8) is 0 Å². The van der Waals surface area contributed by atoms with Crippen molar-refractivity contribution in [3.8, 4) is 11.5 Å². The summed E-state index contributed by atoms with van der Waals surface area (Å²) in [6, 6.07) is 13.4. The van der Waals surface area contributed by atoms with Crippen LogP contribution in [0.5, 0.6) is 11.5 Å². The Morgan fingerprint density at radius 1 is 1.19 bits per heavy atom. The Balaban J connectivity index is 1.52. The van der Waals surface area contributed by atoms with Gasteiger partial charge >= 0.3 is 5.91 Å². The van der Waals surface area contributed by atoms with Gasteiger partial charge in [-0.2, -0.15) is 0 Å². The molecule has 0 spiro atoms. The van der Waals surface area contributed by atoms with Gasteiger partial charge in [0.05, 0.1) is 28.6 Å². The maximum absolute atomic E-state index is 13.5. The minimum absolute atomic E-state index is 0.0244. The molecule has 9 heteroatoms. The predicted octanol–water partition coefficient (Wildman–Crippen LogP) is 4.96. The third kappa shape index (κ3) is 3.74. The molecule has 6 rings (SSSR count). The normalized spacial score (nSPS) is 20.4. The van der Waals surface area contributed by atoms with E-state index in [9.17, 15) is 14.7 Å². The molecule has 0 bridgehead atoms. The number of fused-ring (bicyclic) bond motifs is 2. The molecule has 2 aromatic carbocycles. The van der Waals surface area contributed by atoms with E-state index in [0.717, 1.165) is 21.6 Å². The fraction of sp³-hybridized carbons (Fsp3) is 0.214. The van der Waals surface area contributed by atoms with Crippen LogP contribution in [0.2, 0.25) is 0 Å². The lowest BCUT2D eigenvalue weighted by atomic mass is 9.97. The van der Waals surface area contributed by atoms with Crippen LogP contribution in [0.4, 0.5) is 5.13 Å². The van der Waals surface area contributed by atoms with Crippen LogP contribution >= 0.6 is 11.3 Å². The molecule has 0 radical (unpaired) electrons. The van der Waals surface area contributed by atoms with Gasteiger partial charge in [-0.15, -0.1) is 0 Å². The zero-order valence-corrected chi connectivity index (χ0v) is 21.2. The van der Waals surface area contributed by atoms with E-state index < -0.39 is 17.7 Å². The van der Waals surface area contributed by atoms with Crippen molar-refractivity contribution in [2.45, 2.75) is 32.4 Å². The highest BCUT2D eigenvalue weighted by Gasteiger charge is 2.49. The average Bonchev–Trinajstić information content (AvgIpc) is 3.55. The van der Waals surface area contributed by atoms with Crippen molar-refractivity contribution >= 4 is 44.1 Å². The van der Waals surface area contributed by atoms with Crippen molar-refractivity contribution in [3.05, 3.63) is 82.7 Å². The zero-order chi connectivity index (χ0) is 25.8. The number of hydrogen-bond acceptors (Lipinski definition) is 8. The number of carbonyl (C=O) groups excluding carboxylic acids is 2. The Bertz CT molecular complexity index is 1610. The number of ether oxygens (including phenoxy) is 2. The summed E-state index contributed by atoms with van der Waals surface area (Å²) in [7, 11) is 1.60. The highest BCUT2D eigenvalue weighted by molar-refractivity contribution is 7.22. The average molecular weight is 514 g/mol. The largest absolute Gasteiger partial charge is 0.507 e. The molecule has 1 amide bonds. The second-order valence-corrected chi connectivity index (χ2v) is 10.2. The van der Waals surface area contributed by atoms with Gasteiger partial charge in [0.2, 0.25) is 0 Å². The summed E-state index contributed by atoms with van der Waals surface area (Å²) >= 11 is 1.28. The minimum atomic E-state index is -0.937. The van der Waals surface area contributed by atoms with Crippen molar-refractivity contribution in [1.82, 2.24) is 9.97 Å². The minimum Gasteiger partial charge on any atom is -0.507 e. The molecule has 2 aromatic heterocycles. The van der Waals surface area contributed by atoms with Gasteiger partial charge in [0.15, 0.2) is 5.13 Å². The number of amides is 1. The number of aryl methyl sites for hydroxylation is 1. The fourth-order valence-corrected chi connectivity index (χ4v) is 5.95. The molecule has 2 atom stereocenters. The Hall–Kier alpha value is -4.24. The lowest BCUT2D eigenvalue weighted by Gasteiger charge is -2.22. The summed E-state index contributed by atoms with van der Waals surface area (Å²) in [6.45, 7) is 3.89. The van der Waals surface area contributed by atoms with Crippen LogP contribution in [0, 0.1) is 6.92 Å². The zero-order valence-electron chi connectivity index (χ0n) is 20.4. The number of aliphatic hydroxyl groups is 1. The number of benzene rings is 2. The Morgan fingerprint density at radius 2 is 2.03 bits per heavy atom. The standard InChI is InChI=1S/C28H23N3O5S/c1-14-10-19-22(13-21(14)35-3)37-28(30-19)31-24(18-6-4-5-9-29-18)23(26(33)27(31)34)25(32)16-7-8-20-17(12-16)11-15(2)36-20/h4-10,12-13,15,24,32H,11H2,1-3H3/b25-23+. The molecule has 37 heavy (non-hydrogen) atoms. The van der Waals surface area contributed by atoms with E-state index in [-0.39, 0.29) is 17.4 Å². The number of ketones is 1. The maximum atomic E-state index is 13.5. The second-order valence-electron chi connectivity index (χ2n) is 9.16. The van der Waals surface area contributed by atoms with Crippen molar-refractivity contribution in [2.24, 2.45) is 0 Å². The van der Waals surface area contributed by atoms with Crippen LogP contribution in [0.1, 0.15) is 35.3 Å². The summed E-state index contributed by atoms with van der Waals surface area (Å²) in [5.74, 6) is -0.339. The topological polar surface area (TPSA) is 102 Å². The molecule has 1 N–H and O–H groups in total. The predicted molar refractivity (Wildman–Crippen MR) is 140 cm³/mol. The quantitative estimate of drug-likeness (QED) is 0.234. The number of hydrogen-bond donors (Lipinski definition) is 1. The van der Waals surface area contributed by atoms with Crippen LogP contribution in [-0.2, 0) is 16.0 Å². The number of carbonyl (C=O) groups is 2. The summed E-state index contributed by atoms with van der Waals surface area (Å²) in [6.07, 6.45) is 2.33. The SMILES string of the molecule is COc1cc2sc(N3C(=O)C(=O)/C(=C(/O)c4ccc5c(c4)CC(C)O5)C3c3ccccn3)nc2cc1C. The third-order valence-corrected chi connectivity index (χ3v) is 7.70. The summed E-state index contributed by atoms with van der Waals surface area (Å²) < 4.78 is 12.0. The van der Waals surface area contributed by atoms with Gasteiger partial charge in [0.25, 0.3) is 5.78 Å². The molecule has 4 heterocycles. The third-order valence-electron chi connectivity index (χ3n) is 6.68. The van der Waals surface area contributed by atoms with Crippen molar-refractivity contribution in [1.29, 1.82) is 0 Å². The lowest BCUT2D eigenvalue weighted by Crippen LogP contribution is -2.29. The second kappa shape index (κ2) is 8.70. The van der Waals surface area contributed by atoms with Gasteiger partial charge in [0, 0.05) is 18.2 Å². The smallest absolute Gasteiger partial charge is 0.301 e. The summed E-state index contributed by atoms with van der Waals surface area (Å²) in [4.78, 5) is 37.4. The first-order chi connectivity index (χ1) is 17.9. The van der Waals surface area contributed by atoms with Crippen molar-refractivity contribution < 1.29 is 24.2 Å². The molecule has 0 aliphatic carbocycles. The van der Waals surface area contributed by atoms with E-state index in [1.165, 1.54) is 16.2 Å². The van der Waals surface area contributed by atoms with Crippen molar-refractivity contribution in [2.75, 3.05) is 12.0 Å². The number of anilines is 1. The molecule has 1 fully saturated rings. The summed E-state index contributed by atoms with van der Waals surface area (Å²) in [5, 5.41) is 11.8. The molecule has 0 saturated carbocycles. The van der Waals surface area contributed by atoms with Gasteiger partial charge in [-0.1, -0.05) is 17.4 Å². The van der Waals surface area contributed by atoms with E-state index in [0.29, 0.717) is 34.1 Å². The van der Waals surface area contributed by atoms with E-state index >= 15 is 0 Å². The van der Waals surface area contributed by atoms with Gasteiger partial charge < -0.3 is 14.6 Å². The number of rotatable bonds is 4. The molecule has 8 nitrogen and oxygen atoms in total. The molecule has 186 valence electrons. The lowest BCUT2D eigenvalue weighted by molar-refractivity contribution is -0.132. The maximum Gasteiger partial charge on any atom is 0.301 e. The Labute approximate surface area is 216 Å². The van der Waals surface area contributed by atoms with E-state index in [2.05, 4.69) is 9.97 Å². The molecular formula is C28H23N3O5S. The molecule has 1 saturated heterocycles. The molecule has 2 unspecified atom stereocenters. The summed E-state index contributed by atoms with van der Waals surface area (Å²) in [5.41, 5.74) is 3.41. The number of aromatic nitrogens is 2. The van der Waals surface area contributed by atoms with Crippen LogP contribution < -0.4 is 14.4 Å². The Morgan fingerprint density at radius 3 is 2.78 bits per heavy atom. The monoisotopic (exact) mass is 513 g/mol. The number of thiazole rings is 1. The van der Waals surface area contributed by atoms with Gasteiger partial charge in [-0.05, 0) is 67.4 Å². The van der Waals surface area contributed by atoms with Crippen LogP contribution in [0.15, 0.2) is 60.3 Å². The highest BCUT2D eigenvalue weighted by Crippen LogP contribution is 2.45. The number of nitrogens with zero attached hydrogens (tertiary/aromatic N) is 3. The number of Topliss-reactive ketones (excluding diaryl/α,β-unsaturated/α-hetero) is 1. The van der Waals surface area contributed by atoms with Crippen LogP contribution in [0.25, 0.3) is 16.0 Å². The van der Waals surface area contributed by atoms with E-state index in [4.69, 9.17) is 9.47 Å². The molecular weight excluding hydrogens is 490 g/mol. The highest BCUT2D eigenvalue weighted by atomic mass is 32.1. The first-order valence-electron chi connectivity index (χ1n) is 11.8. The van der Waals surface area contributed by atoms with E-state index in [1.54, 1.807) is 43.6 Å². The number of pyridine rings is 1. The number of methoxy groups -OCH3 is 1. The van der Waals surface area contributed by atoms with Gasteiger partial charge in [-0.3, -0.25) is 19.5 Å². The first kappa shape index (κ1) is 23.2. The van der Waals surface area contributed by atoms with Gasteiger partial charge in [0.1, 0.15) is 29.4 Å². The number of aliphatic hydroxyl groups excluding tert-OH is 1. The van der Waals surface area contributed by atoms with Crippen LogP contribution in [-0.4, -0.2) is 40.0 Å². The molecule has 4 aromatic rings. The Kier molecular flexibility index (Phi) is 5.45. The van der Waals surface area contributed by atoms with E-state index in [1.807, 2.05) is 32.0 Å². The molecule has 2 aliphatic heterocycles. The van der Waals surface area contributed by atoms with Crippen LogP contribution in [0.3, 0.4) is 0 Å².